The fourth-order valence-corrected chi connectivity index (χ4v) is 4.83. The number of carbonyl (C=O) groups is 3. The van der Waals surface area contributed by atoms with Crippen molar-refractivity contribution in [1.29, 1.82) is 0 Å². The lowest BCUT2D eigenvalue weighted by atomic mass is 10.1. The maximum Gasteiger partial charge on any atom is 0.335 e. The van der Waals surface area contributed by atoms with Crippen molar-refractivity contribution in [2.45, 2.75) is 27.7 Å². The van der Waals surface area contributed by atoms with E-state index in [0.717, 1.165) is 49.4 Å². The van der Waals surface area contributed by atoms with Crippen LogP contribution in [0, 0.1) is 27.7 Å². The highest BCUT2D eigenvalue weighted by Gasteiger charge is 2.37. The quantitative estimate of drug-likeness (QED) is 0.321. The van der Waals surface area contributed by atoms with Crippen molar-refractivity contribution in [3.63, 3.8) is 0 Å². The minimum Gasteiger partial charge on any atom is -0.317 e. The first-order chi connectivity index (χ1) is 16.7. The van der Waals surface area contributed by atoms with E-state index in [-0.39, 0.29) is 5.57 Å². The van der Waals surface area contributed by atoms with Crippen molar-refractivity contribution in [2.24, 2.45) is 0 Å². The molecule has 3 aromatic carbocycles. The number of anilines is 1. The third-order valence-electron chi connectivity index (χ3n) is 6.34. The average molecular weight is 464 g/mol. The molecule has 1 fully saturated rings. The number of rotatable bonds is 3. The van der Waals surface area contributed by atoms with Gasteiger partial charge in [0.15, 0.2) is 0 Å². The number of carbonyl (C=O) groups excluding carboxylic acids is 3. The molecule has 174 valence electrons. The van der Waals surface area contributed by atoms with E-state index in [1.165, 1.54) is 0 Å². The molecule has 0 unspecified atom stereocenters. The Morgan fingerprint density at radius 3 is 2.23 bits per heavy atom. The van der Waals surface area contributed by atoms with E-state index in [1.54, 1.807) is 18.2 Å². The van der Waals surface area contributed by atoms with E-state index in [0.29, 0.717) is 5.69 Å². The molecule has 1 aromatic heterocycles. The predicted molar refractivity (Wildman–Crippen MR) is 138 cm³/mol. The number of amides is 4. The minimum atomic E-state index is -0.747. The Balaban J connectivity index is 1.60. The lowest BCUT2D eigenvalue weighted by molar-refractivity contribution is -0.122. The molecular formula is C29H25N3O3. The van der Waals surface area contributed by atoms with Gasteiger partial charge in [-0.15, -0.1) is 0 Å². The molecule has 6 nitrogen and oxygen atoms in total. The number of aryl methyl sites for hydroxylation is 3. The monoisotopic (exact) mass is 463 g/mol. The minimum absolute atomic E-state index is 0.0815. The zero-order valence-electron chi connectivity index (χ0n) is 20.0. The van der Waals surface area contributed by atoms with E-state index < -0.39 is 17.8 Å². The second-order valence-corrected chi connectivity index (χ2v) is 8.96. The molecule has 35 heavy (non-hydrogen) atoms. The van der Waals surface area contributed by atoms with Gasteiger partial charge in [-0.2, -0.15) is 0 Å². The van der Waals surface area contributed by atoms with Gasteiger partial charge in [-0.3, -0.25) is 14.9 Å². The summed E-state index contributed by atoms with van der Waals surface area (Å²) in [6.07, 6.45) is 1.57. The van der Waals surface area contributed by atoms with Gasteiger partial charge in [0.2, 0.25) is 0 Å². The van der Waals surface area contributed by atoms with Crippen LogP contribution in [0.1, 0.15) is 28.1 Å². The van der Waals surface area contributed by atoms with Crippen LogP contribution in [0.25, 0.3) is 22.5 Å². The van der Waals surface area contributed by atoms with Crippen LogP contribution >= 0.6 is 0 Å². The van der Waals surface area contributed by atoms with E-state index in [1.807, 2.05) is 58.0 Å². The Hall–Kier alpha value is -4.45. The summed E-state index contributed by atoms with van der Waals surface area (Å²) in [5.41, 5.74) is 5.81. The summed E-state index contributed by atoms with van der Waals surface area (Å²) in [5, 5.41) is 4.55. The molecule has 2 heterocycles. The summed E-state index contributed by atoms with van der Waals surface area (Å²) < 4.78 is 2.12. The van der Waals surface area contributed by atoms with Gasteiger partial charge in [-0.25, -0.2) is 9.69 Å². The molecule has 0 aliphatic carbocycles. The van der Waals surface area contributed by atoms with Crippen LogP contribution < -0.4 is 10.2 Å². The van der Waals surface area contributed by atoms with Crippen LogP contribution in [-0.2, 0) is 9.59 Å². The van der Waals surface area contributed by atoms with Gasteiger partial charge in [0, 0.05) is 16.8 Å². The summed E-state index contributed by atoms with van der Waals surface area (Å²) in [4.78, 5) is 39.8. The summed E-state index contributed by atoms with van der Waals surface area (Å²) in [7, 11) is 0. The zero-order chi connectivity index (χ0) is 24.9. The van der Waals surface area contributed by atoms with Gasteiger partial charge in [0.1, 0.15) is 5.57 Å². The SMILES string of the molecule is Cc1cc(C)cc(N2C(=O)NC(=O)/C(=C\c3cc(C)n(-c4cccc5ccccc45)c3C)C2=O)c1. The van der Waals surface area contributed by atoms with Gasteiger partial charge in [0.05, 0.1) is 11.4 Å². The number of urea groups is 1. The van der Waals surface area contributed by atoms with Crippen LogP contribution in [0.5, 0.6) is 0 Å². The molecule has 0 saturated carbocycles. The molecule has 6 heteroatoms. The van der Waals surface area contributed by atoms with Crippen LogP contribution in [0.15, 0.2) is 72.3 Å². The second-order valence-electron chi connectivity index (χ2n) is 8.96. The molecule has 1 N–H and O–H groups in total. The first-order valence-electron chi connectivity index (χ1n) is 11.4. The van der Waals surface area contributed by atoms with E-state index in [4.69, 9.17) is 0 Å². The Morgan fingerprint density at radius 2 is 1.49 bits per heavy atom. The maximum atomic E-state index is 13.4. The zero-order valence-corrected chi connectivity index (χ0v) is 20.0. The number of aromatic nitrogens is 1. The standard InChI is InChI=1S/C29H25N3O3/c1-17-12-18(2)14-23(13-17)32-28(34)25(27(33)30-29(32)35)16-22-15-19(3)31(20(22)4)26-11-7-9-21-8-5-6-10-24(21)26/h5-16H,1-4H3,(H,30,33,35)/b25-16+. The summed E-state index contributed by atoms with van der Waals surface area (Å²) in [5.74, 6) is -1.34. The molecule has 0 radical (unpaired) electrons. The number of barbiturate groups is 1. The smallest absolute Gasteiger partial charge is 0.317 e. The van der Waals surface area contributed by atoms with Crippen molar-refractivity contribution in [3.8, 4) is 5.69 Å². The molecule has 0 bridgehead atoms. The van der Waals surface area contributed by atoms with Gasteiger partial charge in [0.25, 0.3) is 11.8 Å². The summed E-state index contributed by atoms with van der Waals surface area (Å²) >= 11 is 0. The molecule has 5 rings (SSSR count). The van der Waals surface area contributed by atoms with E-state index >= 15 is 0 Å². The third kappa shape index (κ3) is 3.83. The Labute approximate surface area is 203 Å². The lowest BCUT2D eigenvalue weighted by Gasteiger charge is -2.27. The molecular weight excluding hydrogens is 438 g/mol. The molecule has 1 aliphatic heterocycles. The molecule has 0 atom stereocenters. The lowest BCUT2D eigenvalue weighted by Crippen LogP contribution is -2.54. The molecule has 1 aliphatic rings. The average Bonchev–Trinajstić information content (AvgIpc) is 3.08. The fraction of sp³-hybridized carbons (Fsp3) is 0.138. The van der Waals surface area contributed by atoms with E-state index in [9.17, 15) is 14.4 Å². The number of nitrogens with zero attached hydrogens (tertiary/aromatic N) is 2. The molecule has 0 spiro atoms. The van der Waals surface area contributed by atoms with Crippen molar-refractivity contribution in [1.82, 2.24) is 9.88 Å². The number of hydrogen-bond acceptors (Lipinski definition) is 3. The Morgan fingerprint density at radius 1 is 0.800 bits per heavy atom. The second kappa shape index (κ2) is 8.40. The highest BCUT2D eigenvalue weighted by Crippen LogP contribution is 2.30. The summed E-state index contributed by atoms with van der Waals surface area (Å²) in [6.45, 7) is 7.74. The number of fused-ring (bicyclic) bond motifs is 1. The van der Waals surface area contributed by atoms with Crippen LogP contribution in [0.3, 0.4) is 0 Å². The molecule has 1 saturated heterocycles. The number of hydrogen-bond donors (Lipinski definition) is 1. The van der Waals surface area contributed by atoms with Crippen LogP contribution in [-0.4, -0.2) is 22.4 Å². The number of benzene rings is 3. The van der Waals surface area contributed by atoms with Crippen LogP contribution in [0.4, 0.5) is 10.5 Å². The molecule has 4 aromatic rings. The van der Waals surface area contributed by atoms with Crippen LogP contribution in [0.2, 0.25) is 0 Å². The van der Waals surface area contributed by atoms with Gasteiger partial charge in [-0.05, 0) is 80.1 Å². The van der Waals surface area contributed by atoms with Crippen molar-refractivity contribution >= 4 is 40.4 Å². The fourth-order valence-electron chi connectivity index (χ4n) is 4.83. The van der Waals surface area contributed by atoms with Crippen molar-refractivity contribution in [2.75, 3.05) is 4.90 Å². The third-order valence-corrected chi connectivity index (χ3v) is 6.34. The van der Waals surface area contributed by atoms with Gasteiger partial charge < -0.3 is 4.57 Å². The largest absolute Gasteiger partial charge is 0.335 e. The summed E-state index contributed by atoms with van der Waals surface area (Å²) in [6, 6.07) is 21.0. The molecule has 4 amide bonds. The highest BCUT2D eigenvalue weighted by molar-refractivity contribution is 6.39. The highest BCUT2D eigenvalue weighted by atomic mass is 16.2. The van der Waals surface area contributed by atoms with E-state index in [2.05, 4.69) is 34.1 Å². The van der Waals surface area contributed by atoms with Gasteiger partial charge in [-0.1, -0.05) is 42.5 Å². The van der Waals surface area contributed by atoms with Gasteiger partial charge >= 0.3 is 6.03 Å². The Bertz CT molecular complexity index is 1550. The normalized spacial score (nSPS) is 15.3. The first-order valence-corrected chi connectivity index (χ1v) is 11.4. The first kappa shape index (κ1) is 22.3. The number of imide groups is 2. The number of nitrogens with one attached hydrogen (secondary N) is 1. The topological polar surface area (TPSA) is 71.4 Å². The van der Waals surface area contributed by atoms with Crippen molar-refractivity contribution < 1.29 is 14.4 Å². The predicted octanol–water partition coefficient (Wildman–Crippen LogP) is 5.53. The maximum absolute atomic E-state index is 13.4. The van der Waals surface area contributed by atoms with Crippen molar-refractivity contribution in [3.05, 3.63) is 100 Å². The Kier molecular flexibility index (Phi) is 5.36.